The zero-order valence-electron chi connectivity index (χ0n) is 11.5. The van der Waals surface area contributed by atoms with Gasteiger partial charge < -0.3 is 19.9 Å². The molecule has 0 aromatic rings. The zero-order chi connectivity index (χ0) is 15.0. The number of ether oxygens (including phenoxy) is 2. The Balaban J connectivity index is 1.65. The molecule has 0 aromatic carbocycles. The average molecular weight is 298 g/mol. The van der Waals surface area contributed by atoms with Gasteiger partial charge in [-0.05, 0) is 12.8 Å². The standard InChI is InChI=1S/C13H18N2O6/c16-10(17)9-2-1-8(21-9)7-15-11(18)13(14-12(15)19)3-5-20-6-4-13/h8-9H,1-7H2,(H,14,19)(H,16,17). The van der Waals surface area contributed by atoms with Crippen LogP contribution in [0.1, 0.15) is 25.7 Å². The molecule has 0 saturated carbocycles. The number of nitrogens with zero attached hydrogens (tertiary/aromatic N) is 1. The molecule has 3 aliphatic heterocycles. The average Bonchev–Trinajstić information content (AvgIpc) is 3.00. The summed E-state index contributed by atoms with van der Waals surface area (Å²) < 4.78 is 10.6. The number of urea groups is 1. The summed E-state index contributed by atoms with van der Waals surface area (Å²) in [6.45, 7) is 0.999. The minimum atomic E-state index is -1.00. The van der Waals surface area contributed by atoms with E-state index in [9.17, 15) is 14.4 Å². The largest absolute Gasteiger partial charge is 0.479 e. The molecule has 0 radical (unpaired) electrons. The Morgan fingerprint density at radius 2 is 2.05 bits per heavy atom. The van der Waals surface area contributed by atoms with Crippen molar-refractivity contribution >= 4 is 17.9 Å². The number of hydrogen-bond acceptors (Lipinski definition) is 5. The Morgan fingerprint density at radius 1 is 1.33 bits per heavy atom. The highest BCUT2D eigenvalue weighted by Crippen LogP contribution is 2.30. The summed E-state index contributed by atoms with van der Waals surface area (Å²) in [7, 11) is 0. The molecule has 2 atom stereocenters. The molecule has 8 heteroatoms. The summed E-state index contributed by atoms with van der Waals surface area (Å²) in [6, 6.07) is -0.427. The molecular weight excluding hydrogens is 280 g/mol. The topological polar surface area (TPSA) is 105 Å². The van der Waals surface area contributed by atoms with Crippen LogP contribution in [0.3, 0.4) is 0 Å². The summed E-state index contributed by atoms with van der Waals surface area (Å²) in [5, 5.41) is 11.7. The van der Waals surface area contributed by atoms with Crippen molar-refractivity contribution < 1.29 is 29.0 Å². The normalized spacial score (nSPS) is 31.7. The Kier molecular flexibility index (Phi) is 3.58. The number of nitrogens with one attached hydrogen (secondary N) is 1. The lowest BCUT2D eigenvalue weighted by Gasteiger charge is -2.30. The minimum absolute atomic E-state index is 0.108. The molecule has 2 unspecified atom stereocenters. The Hall–Kier alpha value is -1.67. The van der Waals surface area contributed by atoms with Crippen molar-refractivity contribution in [1.82, 2.24) is 10.2 Å². The number of carbonyl (C=O) groups is 3. The van der Waals surface area contributed by atoms with Crippen molar-refractivity contribution in [3.8, 4) is 0 Å². The number of carboxylic acids is 1. The van der Waals surface area contributed by atoms with E-state index in [2.05, 4.69) is 5.32 Å². The van der Waals surface area contributed by atoms with Gasteiger partial charge in [0.05, 0.1) is 12.6 Å². The highest BCUT2D eigenvalue weighted by atomic mass is 16.5. The van der Waals surface area contributed by atoms with E-state index in [1.165, 1.54) is 0 Å². The van der Waals surface area contributed by atoms with E-state index in [0.29, 0.717) is 38.9 Å². The van der Waals surface area contributed by atoms with Crippen molar-refractivity contribution in [3.63, 3.8) is 0 Å². The summed E-state index contributed by atoms with van der Waals surface area (Å²) in [5.41, 5.74) is -0.847. The van der Waals surface area contributed by atoms with Gasteiger partial charge in [0, 0.05) is 26.1 Å². The van der Waals surface area contributed by atoms with Crippen LogP contribution in [0.15, 0.2) is 0 Å². The molecule has 3 amide bonds. The molecule has 3 fully saturated rings. The van der Waals surface area contributed by atoms with Crippen LogP contribution < -0.4 is 5.32 Å². The van der Waals surface area contributed by atoms with Crippen LogP contribution in [0.25, 0.3) is 0 Å². The first-order chi connectivity index (χ1) is 10.0. The number of aliphatic carboxylic acids is 1. The predicted molar refractivity (Wildman–Crippen MR) is 68.6 cm³/mol. The molecular formula is C13H18N2O6. The molecule has 2 N–H and O–H groups in total. The number of imide groups is 1. The number of carboxylic acid groups (broad SMARTS) is 1. The maximum absolute atomic E-state index is 12.5. The second-order valence-corrected chi connectivity index (χ2v) is 5.70. The molecule has 3 heterocycles. The van der Waals surface area contributed by atoms with Crippen molar-refractivity contribution in [2.75, 3.05) is 19.8 Å². The minimum Gasteiger partial charge on any atom is -0.479 e. The predicted octanol–water partition coefficient (Wildman–Crippen LogP) is -0.280. The van der Waals surface area contributed by atoms with Crippen LogP contribution in [-0.4, -0.2) is 65.4 Å². The number of amides is 3. The fraction of sp³-hybridized carbons (Fsp3) is 0.769. The van der Waals surface area contributed by atoms with Crippen LogP contribution in [0.4, 0.5) is 4.79 Å². The molecule has 0 aromatic heterocycles. The molecule has 116 valence electrons. The molecule has 0 aliphatic carbocycles. The summed E-state index contributed by atoms with van der Waals surface area (Å²) in [6.07, 6.45) is 0.630. The lowest BCUT2D eigenvalue weighted by molar-refractivity contribution is -0.149. The van der Waals surface area contributed by atoms with Crippen LogP contribution in [0, 0.1) is 0 Å². The van der Waals surface area contributed by atoms with Gasteiger partial charge in [-0.1, -0.05) is 0 Å². The van der Waals surface area contributed by atoms with Crippen molar-refractivity contribution in [1.29, 1.82) is 0 Å². The third kappa shape index (κ3) is 2.49. The quantitative estimate of drug-likeness (QED) is 0.694. The van der Waals surface area contributed by atoms with Gasteiger partial charge >= 0.3 is 12.0 Å². The van der Waals surface area contributed by atoms with Gasteiger partial charge in [-0.25, -0.2) is 9.59 Å². The third-order valence-electron chi connectivity index (χ3n) is 4.36. The molecule has 1 spiro atoms. The Labute approximate surface area is 121 Å². The first-order valence-corrected chi connectivity index (χ1v) is 7.12. The number of carbonyl (C=O) groups excluding carboxylic acids is 2. The van der Waals surface area contributed by atoms with Crippen LogP contribution in [0.2, 0.25) is 0 Å². The third-order valence-corrected chi connectivity index (χ3v) is 4.36. The van der Waals surface area contributed by atoms with Gasteiger partial charge in [-0.15, -0.1) is 0 Å². The van der Waals surface area contributed by atoms with E-state index in [1.54, 1.807) is 0 Å². The van der Waals surface area contributed by atoms with Crippen LogP contribution in [0.5, 0.6) is 0 Å². The van der Waals surface area contributed by atoms with Crippen LogP contribution in [-0.2, 0) is 19.1 Å². The van der Waals surface area contributed by atoms with E-state index in [4.69, 9.17) is 14.6 Å². The van der Waals surface area contributed by atoms with Gasteiger partial charge in [-0.2, -0.15) is 0 Å². The van der Waals surface area contributed by atoms with E-state index in [0.717, 1.165) is 4.90 Å². The summed E-state index contributed by atoms with van der Waals surface area (Å²) in [5.74, 6) is -1.26. The molecule has 3 saturated heterocycles. The second kappa shape index (κ2) is 5.27. The highest BCUT2D eigenvalue weighted by molar-refractivity contribution is 6.07. The van der Waals surface area contributed by atoms with E-state index in [1.807, 2.05) is 0 Å². The van der Waals surface area contributed by atoms with Crippen molar-refractivity contribution in [2.24, 2.45) is 0 Å². The SMILES string of the molecule is O=C(O)C1CCC(CN2C(=O)NC3(CCOCC3)C2=O)O1. The van der Waals surface area contributed by atoms with Crippen molar-refractivity contribution in [3.05, 3.63) is 0 Å². The second-order valence-electron chi connectivity index (χ2n) is 5.70. The number of hydrogen-bond donors (Lipinski definition) is 2. The summed E-state index contributed by atoms with van der Waals surface area (Å²) >= 11 is 0. The van der Waals surface area contributed by atoms with Crippen LogP contribution >= 0.6 is 0 Å². The Morgan fingerprint density at radius 3 is 2.67 bits per heavy atom. The molecule has 21 heavy (non-hydrogen) atoms. The molecule has 0 bridgehead atoms. The fourth-order valence-electron chi connectivity index (χ4n) is 3.13. The molecule has 3 rings (SSSR count). The van der Waals surface area contributed by atoms with Crippen molar-refractivity contribution in [2.45, 2.75) is 43.4 Å². The summed E-state index contributed by atoms with van der Waals surface area (Å²) in [4.78, 5) is 36.6. The van der Waals surface area contributed by atoms with E-state index >= 15 is 0 Å². The van der Waals surface area contributed by atoms with Gasteiger partial charge in [0.15, 0.2) is 6.10 Å². The van der Waals surface area contributed by atoms with E-state index < -0.39 is 29.7 Å². The lowest BCUT2D eigenvalue weighted by atomic mass is 9.90. The smallest absolute Gasteiger partial charge is 0.332 e. The maximum Gasteiger partial charge on any atom is 0.332 e. The van der Waals surface area contributed by atoms with Gasteiger partial charge in [0.2, 0.25) is 0 Å². The zero-order valence-corrected chi connectivity index (χ0v) is 11.5. The highest BCUT2D eigenvalue weighted by Gasteiger charge is 2.52. The fourth-order valence-corrected chi connectivity index (χ4v) is 3.13. The number of rotatable bonds is 3. The lowest BCUT2D eigenvalue weighted by Crippen LogP contribution is -2.51. The first-order valence-electron chi connectivity index (χ1n) is 7.12. The maximum atomic E-state index is 12.5. The molecule has 8 nitrogen and oxygen atoms in total. The monoisotopic (exact) mass is 298 g/mol. The van der Waals surface area contributed by atoms with Gasteiger partial charge in [-0.3, -0.25) is 9.69 Å². The van der Waals surface area contributed by atoms with E-state index in [-0.39, 0.29) is 12.5 Å². The Bertz CT molecular complexity index is 473. The van der Waals surface area contributed by atoms with Gasteiger partial charge in [0.1, 0.15) is 5.54 Å². The molecule has 3 aliphatic rings. The first kappa shape index (κ1) is 14.3. The van der Waals surface area contributed by atoms with Gasteiger partial charge in [0.25, 0.3) is 5.91 Å².